The Kier molecular flexibility index (Phi) is 5.17. The molecule has 0 aliphatic rings. The smallest absolute Gasteiger partial charge is 0.326 e. The standard InChI is InChI=1S/C13H18N2O3/c1-3-15(2)13(18)14-11(12(16)17)9-10-7-5-4-6-8-10/h4-8,11H,3,9H2,1-2H3,(H,14,18)(H,16,17). The first-order chi connectivity index (χ1) is 8.54. The zero-order valence-electron chi connectivity index (χ0n) is 10.6. The summed E-state index contributed by atoms with van der Waals surface area (Å²) in [6.45, 7) is 2.36. The molecule has 0 radical (unpaired) electrons. The van der Waals surface area contributed by atoms with E-state index in [1.54, 1.807) is 7.05 Å². The van der Waals surface area contributed by atoms with Crippen LogP contribution in [0, 0.1) is 0 Å². The maximum atomic E-state index is 11.6. The van der Waals surface area contributed by atoms with E-state index in [1.807, 2.05) is 37.3 Å². The number of hydrogen-bond donors (Lipinski definition) is 2. The van der Waals surface area contributed by atoms with E-state index < -0.39 is 12.0 Å². The van der Waals surface area contributed by atoms with Gasteiger partial charge < -0.3 is 15.3 Å². The van der Waals surface area contributed by atoms with Gasteiger partial charge in [-0.05, 0) is 12.5 Å². The molecule has 0 fully saturated rings. The largest absolute Gasteiger partial charge is 0.480 e. The summed E-state index contributed by atoms with van der Waals surface area (Å²) in [5, 5.41) is 11.6. The molecular formula is C13H18N2O3. The van der Waals surface area contributed by atoms with Crippen molar-refractivity contribution in [2.75, 3.05) is 13.6 Å². The summed E-state index contributed by atoms with van der Waals surface area (Å²) < 4.78 is 0. The van der Waals surface area contributed by atoms with Gasteiger partial charge in [0.25, 0.3) is 0 Å². The molecule has 1 atom stereocenters. The Morgan fingerprint density at radius 2 is 1.94 bits per heavy atom. The summed E-state index contributed by atoms with van der Waals surface area (Å²) in [4.78, 5) is 24.2. The van der Waals surface area contributed by atoms with Gasteiger partial charge in [-0.25, -0.2) is 9.59 Å². The van der Waals surface area contributed by atoms with Gasteiger partial charge >= 0.3 is 12.0 Å². The summed E-state index contributed by atoms with van der Waals surface area (Å²) >= 11 is 0. The molecule has 1 aromatic rings. The van der Waals surface area contributed by atoms with Crippen LogP contribution in [-0.4, -0.2) is 41.6 Å². The Balaban J connectivity index is 2.67. The molecule has 0 aliphatic carbocycles. The Labute approximate surface area is 106 Å². The van der Waals surface area contributed by atoms with Gasteiger partial charge in [0, 0.05) is 20.0 Å². The Morgan fingerprint density at radius 1 is 1.33 bits per heavy atom. The fourth-order valence-corrected chi connectivity index (χ4v) is 1.45. The molecule has 0 aromatic heterocycles. The van der Waals surface area contributed by atoms with Crippen LogP contribution in [0.5, 0.6) is 0 Å². The number of nitrogens with zero attached hydrogens (tertiary/aromatic N) is 1. The average Bonchev–Trinajstić information content (AvgIpc) is 2.37. The molecule has 98 valence electrons. The number of carbonyl (C=O) groups excluding carboxylic acids is 1. The van der Waals surface area contributed by atoms with Crippen molar-refractivity contribution in [2.45, 2.75) is 19.4 Å². The molecule has 0 saturated heterocycles. The van der Waals surface area contributed by atoms with Crippen LogP contribution >= 0.6 is 0 Å². The van der Waals surface area contributed by atoms with Crippen LogP contribution in [0.1, 0.15) is 12.5 Å². The van der Waals surface area contributed by atoms with Gasteiger partial charge in [0.2, 0.25) is 0 Å². The lowest BCUT2D eigenvalue weighted by atomic mass is 10.1. The van der Waals surface area contributed by atoms with Gasteiger partial charge in [0.15, 0.2) is 0 Å². The predicted octanol–water partition coefficient (Wildman–Crippen LogP) is 1.34. The first-order valence-electron chi connectivity index (χ1n) is 5.83. The van der Waals surface area contributed by atoms with E-state index in [0.29, 0.717) is 6.54 Å². The highest BCUT2D eigenvalue weighted by Gasteiger charge is 2.21. The van der Waals surface area contributed by atoms with Crippen molar-refractivity contribution < 1.29 is 14.7 Å². The molecule has 2 N–H and O–H groups in total. The maximum absolute atomic E-state index is 11.6. The number of urea groups is 1. The van der Waals surface area contributed by atoms with Gasteiger partial charge in [-0.15, -0.1) is 0 Å². The molecule has 1 unspecified atom stereocenters. The van der Waals surface area contributed by atoms with Gasteiger partial charge in [-0.1, -0.05) is 30.3 Å². The van der Waals surface area contributed by atoms with Crippen molar-refractivity contribution in [3.63, 3.8) is 0 Å². The van der Waals surface area contributed by atoms with E-state index in [-0.39, 0.29) is 12.5 Å². The van der Waals surface area contributed by atoms with E-state index in [9.17, 15) is 9.59 Å². The molecule has 5 nitrogen and oxygen atoms in total. The third-order valence-electron chi connectivity index (χ3n) is 2.70. The van der Waals surface area contributed by atoms with Crippen LogP contribution in [0.25, 0.3) is 0 Å². The molecule has 18 heavy (non-hydrogen) atoms. The van der Waals surface area contributed by atoms with Crippen molar-refractivity contribution in [3.8, 4) is 0 Å². The highest BCUT2D eigenvalue weighted by Crippen LogP contribution is 2.04. The molecule has 1 rings (SSSR count). The van der Waals surface area contributed by atoms with Crippen LogP contribution in [0.4, 0.5) is 4.79 Å². The third kappa shape index (κ3) is 4.08. The number of carboxylic acids is 1. The molecule has 1 aromatic carbocycles. The van der Waals surface area contributed by atoms with Gasteiger partial charge in [0.05, 0.1) is 0 Å². The number of benzene rings is 1. The number of amides is 2. The number of carbonyl (C=O) groups is 2. The van der Waals surface area contributed by atoms with Crippen LogP contribution in [0.15, 0.2) is 30.3 Å². The monoisotopic (exact) mass is 250 g/mol. The molecule has 2 amide bonds. The second-order valence-corrected chi connectivity index (χ2v) is 4.04. The highest BCUT2D eigenvalue weighted by molar-refractivity contribution is 5.82. The molecule has 5 heteroatoms. The molecule has 0 bridgehead atoms. The topological polar surface area (TPSA) is 69.6 Å². The second kappa shape index (κ2) is 6.64. The van der Waals surface area contributed by atoms with Crippen molar-refractivity contribution in [2.24, 2.45) is 0 Å². The zero-order chi connectivity index (χ0) is 13.5. The fourth-order valence-electron chi connectivity index (χ4n) is 1.45. The summed E-state index contributed by atoms with van der Waals surface area (Å²) in [5.74, 6) is -1.03. The summed E-state index contributed by atoms with van der Waals surface area (Å²) in [6.07, 6.45) is 0.277. The van der Waals surface area contributed by atoms with E-state index in [2.05, 4.69) is 5.32 Å². The first kappa shape index (κ1) is 14.0. The van der Waals surface area contributed by atoms with Gasteiger partial charge in [-0.2, -0.15) is 0 Å². The fraction of sp³-hybridized carbons (Fsp3) is 0.385. The third-order valence-corrected chi connectivity index (χ3v) is 2.70. The Hall–Kier alpha value is -2.04. The van der Waals surface area contributed by atoms with E-state index in [4.69, 9.17) is 5.11 Å². The molecule has 0 spiro atoms. The molecular weight excluding hydrogens is 232 g/mol. The lowest BCUT2D eigenvalue weighted by Crippen LogP contribution is -2.47. The van der Waals surface area contributed by atoms with E-state index >= 15 is 0 Å². The van der Waals surface area contributed by atoms with Crippen LogP contribution in [0.3, 0.4) is 0 Å². The maximum Gasteiger partial charge on any atom is 0.326 e. The Bertz CT molecular complexity index is 406. The van der Waals surface area contributed by atoms with Crippen LogP contribution < -0.4 is 5.32 Å². The minimum Gasteiger partial charge on any atom is -0.480 e. The number of nitrogens with one attached hydrogen (secondary N) is 1. The number of carboxylic acid groups (broad SMARTS) is 1. The minimum absolute atomic E-state index is 0.277. The lowest BCUT2D eigenvalue weighted by molar-refractivity contribution is -0.139. The SMILES string of the molecule is CCN(C)C(=O)NC(Cc1ccccc1)C(=O)O. The first-order valence-corrected chi connectivity index (χ1v) is 5.83. The molecule has 0 heterocycles. The van der Waals surface area contributed by atoms with Crippen molar-refractivity contribution >= 4 is 12.0 Å². The number of rotatable bonds is 5. The normalized spacial score (nSPS) is 11.7. The number of hydrogen-bond acceptors (Lipinski definition) is 2. The quantitative estimate of drug-likeness (QED) is 0.828. The van der Waals surface area contributed by atoms with Crippen molar-refractivity contribution in [3.05, 3.63) is 35.9 Å². The van der Waals surface area contributed by atoms with Crippen molar-refractivity contribution in [1.29, 1.82) is 0 Å². The minimum atomic E-state index is -1.03. The highest BCUT2D eigenvalue weighted by atomic mass is 16.4. The van der Waals surface area contributed by atoms with E-state index in [1.165, 1.54) is 4.90 Å². The van der Waals surface area contributed by atoms with Gasteiger partial charge in [0.1, 0.15) is 6.04 Å². The Morgan fingerprint density at radius 3 is 2.44 bits per heavy atom. The lowest BCUT2D eigenvalue weighted by Gasteiger charge is -2.20. The van der Waals surface area contributed by atoms with Gasteiger partial charge in [-0.3, -0.25) is 0 Å². The summed E-state index contributed by atoms with van der Waals surface area (Å²) in [5.41, 5.74) is 0.879. The van der Waals surface area contributed by atoms with Crippen LogP contribution in [0.2, 0.25) is 0 Å². The van der Waals surface area contributed by atoms with Crippen LogP contribution in [-0.2, 0) is 11.2 Å². The zero-order valence-corrected chi connectivity index (χ0v) is 10.6. The summed E-state index contributed by atoms with van der Waals surface area (Å²) in [7, 11) is 1.62. The number of aliphatic carboxylic acids is 1. The molecule has 0 aliphatic heterocycles. The molecule has 0 saturated carbocycles. The van der Waals surface area contributed by atoms with E-state index in [0.717, 1.165) is 5.56 Å². The average molecular weight is 250 g/mol. The predicted molar refractivity (Wildman–Crippen MR) is 68.4 cm³/mol. The second-order valence-electron chi connectivity index (χ2n) is 4.04. The van der Waals surface area contributed by atoms with Crippen molar-refractivity contribution in [1.82, 2.24) is 10.2 Å². The summed E-state index contributed by atoms with van der Waals surface area (Å²) in [6, 6.07) is 7.94.